The summed E-state index contributed by atoms with van der Waals surface area (Å²) >= 11 is 0. The summed E-state index contributed by atoms with van der Waals surface area (Å²) in [4.78, 5) is 0. The molecular weight excluding hydrogens is 258 g/mol. The zero-order chi connectivity index (χ0) is 15.1. The van der Waals surface area contributed by atoms with Crippen LogP contribution in [0.15, 0.2) is 0 Å². The van der Waals surface area contributed by atoms with Crippen LogP contribution >= 0.6 is 0 Å². The van der Waals surface area contributed by atoms with Gasteiger partial charge in [-0.25, -0.2) is 0 Å². The van der Waals surface area contributed by atoms with Crippen LogP contribution in [-0.4, -0.2) is 24.8 Å². The number of hydrogen-bond donors (Lipinski definition) is 1. The molecular formula is C19H35NO. The van der Waals surface area contributed by atoms with Gasteiger partial charge in [-0.15, -0.1) is 0 Å². The van der Waals surface area contributed by atoms with Gasteiger partial charge in [-0.3, -0.25) is 0 Å². The van der Waals surface area contributed by atoms with Gasteiger partial charge in [0.2, 0.25) is 0 Å². The highest BCUT2D eigenvalue weighted by Gasteiger charge is 2.59. The Balaban J connectivity index is 1.63. The van der Waals surface area contributed by atoms with E-state index in [4.69, 9.17) is 4.74 Å². The average molecular weight is 293 g/mol. The van der Waals surface area contributed by atoms with Crippen molar-refractivity contribution in [3.63, 3.8) is 0 Å². The van der Waals surface area contributed by atoms with Crippen LogP contribution < -0.4 is 5.32 Å². The maximum atomic E-state index is 6.01. The van der Waals surface area contributed by atoms with E-state index in [0.29, 0.717) is 16.9 Å². The first-order valence-electron chi connectivity index (χ1n) is 9.35. The lowest BCUT2D eigenvalue weighted by Gasteiger charge is -2.62. The van der Waals surface area contributed by atoms with E-state index in [0.717, 1.165) is 24.6 Å². The molecule has 3 aliphatic carbocycles. The molecule has 21 heavy (non-hydrogen) atoms. The third kappa shape index (κ3) is 2.79. The van der Waals surface area contributed by atoms with Crippen molar-refractivity contribution in [2.24, 2.45) is 16.7 Å². The van der Waals surface area contributed by atoms with E-state index in [-0.39, 0.29) is 0 Å². The Morgan fingerprint density at radius 3 is 2.38 bits per heavy atom. The van der Waals surface area contributed by atoms with Gasteiger partial charge in [-0.05, 0) is 50.4 Å². The van der Waals surface area contributed by atoms with Gasteiger partial charge >= 0.3 is 0 Å². The third-order valence-corrected chi connectivity index (χ3v) is 6.73. The Morgan fingerprint density at radius 2 is 1.81 bits per heavy atom. The fourth-order valence-electron chi connectivity index (χ4n) is 5.30. The minimum Gasteiger partial charge on any atom is -0.378 e. The predicted octanol–water partition coefficient (Wildman–Crippen LogP) is 4.53. The minimum atomic E-state index is 0.438. The zero-order valence-electron chi connectivity index (χ0n) is 14.6. The Kier molecular flexibility index (Phi) is 4.40. The zero-order valence-corrected chi connectivity index (χ0v) is 14.6. The summed E-state index contributed by atoms with van der Waals surface area (Å²) in [6, 6.07) is 1.47. The summed E-state index contributed by atoms with van der Waals surface area (Å²) in [5.41, 5.74) is 0.948. The molecule has 0 heterocycles. The lowest BCUT2D eigenvalue weighted by atomic mass is 9.50. The molecule has 0 aliphatic heterocycles. The van der Waals surface area contributed by atoms with Crippen molar-refractivity contribution in [1.29, 1.82) is 0 Å². The first-order valence-corrected chi connectivity index (χ1v) is 9.35. The molecule has 0 aromatic carbocycles. The molecule has 3 saturated carbocycles. The van der Waals surface area contributed by atoms with E-state index in [9.17, 15) is 0 Å². The number of ether oxygens (including phenoxy) is 1. The molecule has 1 spiro atoms. The summed E-state index contributed by atoms with van der Waals surface area (Å²) in [6.07, 6.45) is 11.6. The second-order valence-corrected chi connectivity index (χ2v) is 8.85. The lowest BCUT2D eigenvalue weighted by molar-refractivity contribution is -0.177. The van der Waals surface area contributed by atoms with Crippen LogP contribution in [0.1, 0.15) is 79.1 Å². The molecule has 0 aromatic rings. The molecule has 1 N–H and O–H groups in total. The largest absolute Gasteiger partial charge is 0.378 e. The van der Waals surface area contributed by atoms with Gasteiger partial charge < -0.3 is 10.1 Å². The second kappa shape index (κ2) is 5.85. The Labute approximate surface area is 131 Å². The maximum Gasteiger partial charge on any atom is 0.0661 e. The van der Waals surface area contributed by atoms with Crippen LogP contribution in [0, 0.1) is 16.7 Å². The van der Waals surface area contributed by atoms with Gasteiger partial charge in [0.25, 0.3) is 0 Å². The molecule has 3 fully saturated rings. The molecule has 4 atom stereocenters. The summed E-state index contributed by atoms with van der Waals surface area (Å²) in [5.74, 6) is 0.842. The van der Waals surface area contributed by atoms with Crippen molar-refractivity contribution in [2.75, 3.05) is 6.61 Å². The van der Waals surface area contributed by atoms with Gasteiger partial charge in [-0.1, -0.05) is 40.0 Å². The van der Waals surface area contributed by atoms with Crippen LogP contribution in [0.5, 0.6) is 0 Å². The van der Waals surface area contributed by atoms with Crippen LogP contribution in [0.3, 0.4) is 0 Å². The van der Waals surface area contributed by atoms with Crippen molar-refractivity contribution in [3.05, 3.63) is 0 Å². The molecule has 122 valence electrons. The van der Waals surface area contributed by atoms with Crippen LogP contribution in [0.25, 0.3) is 0 Å². The molecule has 0 aromatic heterocycles. The van der Waals surface area contributed by atoms with Gasteiger partial charge in [0.15, 0.2) is 0 Å². The van der Waals surface area contributed by atoms with Gasteiger partial charge in [0, 0.05) is 24.1 Å². The maximum absolute atomic E-state index is 6.01. The quantitative estimate of drug-likeness (QED) is 0.822. The van der Waals surface area contributed by atoms with Crippen molar-refractivity contribution in [2.45, 2.75) is 97.2 Å². The lowest BCUT2D eigenvalue weighted by Crippen LogP contribution is -2.69. The van der Waals surface area contributed by atoms with Crippen LogP contribution in [0.2, 0.25) is 0 Å². The topological polar surface area (TPSA) is 21.3 Å². The molecule has 3 aliphatic rings. The van der Waals surface area contributed by atoms with E-state index in [2.05, 4.69) is 33.0 Å². The molecule has 0 bridgehead atoms. The number of hydrogen-bond acceptors (Lipinski definition) is 2. The number of nitrogens with one attached hydrogen (secondary N) is 1. The molecule has 0 amide bonds. The van der Waals surface area contributed by atoms with Crippen LogP contribution in [0.4, 0.5) is 0 Å². The summed E-state index contributed by atoms with van der Waals surface area (Å²) < 4.78 is 6.01. The average Bonchev–Trinajstić information content (AvgIpc) is 2.34. The monoisotopic (exact) mass is 293 g/mol. The highest BCUT2D eigenvalue weighted by atomic mass is 16.5. The molecule has 0 radical (unpaired) electrons. The summed E-state index contributed by atoms with van der Waals surface area (Å²) in [5, 5.41) is 4.11. The Morgan fingerprint density at radius 1 is 1.10 bits per heavy atom. The molecule has 4 unspecified atom stereocenters. The van der Waals surface area contributed by atoms with Crippen molar-refractivity contribution in [1.82, 2.24) is 5.32 Å². The van der Waals surface area contributed by atoms with Gasteiger partial charge in [0.05, 0.1) is 6.10 Å². The smallest absolute Gasteiger partial charge is 0.0661 e. The Bertz CT molecular complexity index is 355. The SMILES string of the molecule is CCOC1CC(NC2CCCCC2C(C)(C)C)C12CCC2. The van der Waals surface area contributed by atoms with E-state index >= 15 is 0 Å². The van der Waals surface area contributed by atoms with E-state index in [1.165, 1.54) is 51.4 Å². The van der Waals surface area contributed by atoms with E-state index < -0.39 is 0 Å². The first kappa shape index (κ1) is 15.8. The van der Waals surface area contributed by atoms with Crippen molar-refractivity contribution >= 4 is 0 Å². The van der Waals surface area contributed by atoms with Crippen LogP contribution in [-0.2, 0) is 4.74 Å². The standard InChI is InChI=1S/C19H35NO/c1-5-21-17-13-16(19(17)11-8-12-19)20-15-10-7-6-9-14(15)18(2,3)4/h14-17,20H,5-13H2,1-4H3. The molecule has 2 heteroatoms. The number of rotatable bonds is 4. The van der Waals surface area contributed by atoms with E-state index in [1.807, 2.05) is 0 Å². The fourth-order valence-corrected chi connectivity index (χ4v) is 5.30. The molecule has 2 nitrogen and oxygen atoms in total. The Hall–Kier alpha value is -0.0800. The molecule has 0 saturated heterocycles. The fraction of sp³-hybridized carbons (Fsp3) is 1.00. The second-order valence-electron chi connectivity index (χ2n) is 8.85. The highest BCUT2D eigenvalue weighted by molar-refractivity contribution is 5.13. The highest BCUT2D eigenvalue weighted by Crippen LogP contribution is 2.57. The normalized spacial score (nSPS) is 38.9. The summed E-state index contributed by atoms with van der Waals surface area (Å²) in [7, 11) is 0. The minimum absolute atomic E-state index is 0.438. The van der Waals surface area contributed by atoms with Crippen molar-refractivity contribution < 1.29 is 4.74 Å². The van der Waals surface area contributed by atoms with E-state index in [1.54, 1.807) is 0 Å². The molecule has 3 rings (SSSR count). The predicted molar refractivity (Wildman–Crippen MR) is 88.4 cm³/mol. The van der Waals surface area contributed by atoms with Gasteiger partial charge in [0.1, 0.15) is 0 Å². The first-order chi connectivity index (χ1) is 9.97. The third-order valence-electron chi connectivity index (χ3n) is 6.73. The van der Waals surface area contributed by atoms with Gasteiger partial charge in [-0.2, -0.15) is 0 Å². The van der Waals surface area contributed by atoms with Crippen molar-refractivity contribution in [3.8, 4) is 0 Å². The summed E-state index contributed by atoms with van der Waals surface area (Å²) in [6.45, 7) is 10.3.